The van der Waals surface area contributed by atoms with Gasteiger partial charge in [0.2, 0.25) is 0 Å². The normalized spacial score (nSPS) is 22.1. The molecule has 0 spiro atoms. The summed E-state index contributed by atoms with van der Waals surface area (Å²) in [5, 5.41) is 7.84. The fraction of sp³-hybridized carbons (Fsp3) is 0.524. The summed E-state index contributed by atoms with van der Waals surface area (Å²) in [7, 11) is 0. The maximum atomic E-state index is 13.6. The van der Waals surface area contributed by atoms with E-state index in [4.69, 9.17) is 0 Å². The highest BCUT2D eigenvalue weighted by Crippen LogP contribution is 2.32. The van der Waals surface area contributed by atoms with Gasteiger partial charge in [-0.3, -0.25) is 9.48 Å². The van der Waals surface area contributed by atoms with Crippen molar-refractivity contribution in [1.82, 2.24) is 20.0 Å². The molecule has 27 heavy (non-hydrogen) atoms. The van der Waals surface area contributed by atoms with Gasteiger partial charge in [-0.2, -0.15) is 5.10 Å². The van der Waals surface area contributed by atoms with Gasteiger partial charge in [0.25, 0.3) is 5.91 Å². The number of nitrogens with one attached hydrogen (secondary N) is 1. The molecule has 2 aliphatic heterocycles. The minimum Gasteiger partial charge on any atom is -0.340 e. The van der Waals surface area contributed by atoms with Crippen molar-refractivity contribution >= 4 is 18.3 Å². The number of carbonyl (C=O) groups excluding carboxylic acids is 1. The average Bonchev–Trinajstić information content (AvgIpc) is 3.24. The molecule has 0 aliphatic carbocycles. The average molecular weight is 389 g/mol. The molecule has 1 amide bonds. The molecule has 1 aromatic heterocycles. The van der Waals surface area contributed by atoms with Gasteiger partial charge in [0, 0.05) is 25.5 Å². The minimum atomic E-state index is -0.511. The lowest BCUT2D eigenvalue weighted by molar-refractivity contribution is -0.145. The van der Waals surface area contributed by atoms with Crippen molar-refractivity contribution in [2.24, 2.45) is 5.92 Å². The van der Waals surface area contributed by atoms with Gasteiger partial charge in [-0.15, -0.1) is 12.4 Å². The summed E-state index contributed by atoms with van der Waals surface area (Å²) >= 11 is 0. The first-order chi connectivity index (χ1) is 12.8. The third-order valence-electron chi connectivity index (χ3n) is 5.95. The van der Waals surface area contributed by atoms with E-state index in [1.807, 2.05) is 16.9 Å². The lowest BCUT2D eigenvalue weighted by atomic mass is 9.84. The van der Waals surface area contributed by atoms with Gasteiger partial charge in [-0.25, -0.2) is 0 Å². The molecule has 1 atom stereocenters. The summed E-state index contributed by atoms with van der Waals surface area (Å²) < 4.78 is 1.91. The monoisotopic (exact) mass is 388 g/mol. The highest BCUT2D eigenvalue weighted by Gasteiger charge is 2.45. The maximum absolute atomic E-state index is 13.6. The zero-order valence-corrected chi connectivity index (χ0v) is 16.5. The molecule has 5 nitrogen and oxygen atoms in total. The molecule has 0 radical (unpaired) electrons. The summed E-state index contributed by atoms with van der Waals surface area (Å²) in [5.41, 5.74) is 0.860. The van der Waals surface area contributed by atoms with E-state index in [-0.39, 0.29) is 18.3 Å². The van der Waals surface area contributed by atoms with Gasteiger partial charge >= 0.3 is 0 Å². The fourth-order valence-corrected chi connectivity index (χ4v) is 4.56. The lowest BCUT2D eigenvalue weighted by Crippen LogP contribution is -2.57. The molecule has 2 saturated heterocycles. The molecule has 6 heteroatoms. The van der Waals surface area contributed by atoms with Crippen molar-refractivity contribution < 1.29 is 4.79 Å². The molecular formula is C21H29ClN4O. The van der Waals surface area contributed by atoms with E-state index in [9.17, 15) is 4.79 Å². The van der Waals surface area contributed by atoms with Crippen LogP contribution in [0.15, 0.2) is 48.8 Å². The molecule has 0 saturated carbocycles. The summed E-state index contributed by atoms with van der Waals surface area (Å²) in [6.45, 7) is 3.48. The number of piperidine rings is 2. The molecule has 1 unspecified atom stereocenters. The fourth-order valence-electron chi connectivity index (χ4n) is 4.56. The number of amides is 1. The molecule has 2 aromatic rings. The van der Waals surface area contributed by atoms with Gasteiger partial charge < -0.3 is 10.2 Å². The Kier molecular flexibility index (Phi) is 6.55. The van der Waals surface area contributed by atoms with Crippen molar-refractivity contribution in [3.8, 4) is 0 Å². The van der Waals surface area contributed by atoms with Gasteiger partial charge in [-0.1, -0.05) is 30.3 Å². The van der Waals surface area contributed by atoms with Crippen LogP contribution in [-0.2, 0) is 16.8 Å². The third kappa shape index (κ3) is 4.19. The Bertz CT molecular complexity index is 713. The van der Waals surface area contributed by atoms with Crippen LogP contribution >= 0.6 is 12.4 Å². The van der Waals surface area contributed by atoms with Crippen molar-refractivity contribution in [2.45, 2.75) is 37.6 Å². The van der Waals surface area contributed by atoms with Crippen LogP contribution in [0, 0.1) is 5.92 Å². The number of hydrogen-bond donors (Lipinski definition) is 1. The first-order valence-electron chi connectivity index (χ1n) is 9.82. The first kappa shape index (κ1) is 19.9. The van der Waals surface area contributed by atoms with Crippen LogP contribution < -0.4 is 5.32 Å². The van der Waals surface area contributed by atoms with Crippen molar-refractivity contribution in [2.75, 3.05) is 26.2 Å². The van der Waals surface area contributed by atoms with Crippen LogP contribution in [0.4, 0.5) is 0 Å². The molecule has 1 aromatic carbocycles. The Morgan fingerprint density at radius 1 is 1.19 bits per heavy atom. The summed E-state index contributed by atoms with van der Waals surface area (Å²) in [4.78, 5) is 15.7. The van der Waals surface area contributed by atoms with E-state index >= 15 is 0 Å². The Labute approximate surface area is 167 Å². The number of carbonyl (C=O) groups is 1. The Hall–Kier alpha value is -1.85. The minimum absolute atomic E-state index is 0. The van der Waals surface area contributed by atoms with E-state index in [0.29, 0.717) is 5.92 Å². The van der Waals surface area contributed by atoms with Gasteiger partial charge in [0.15, 0.2) is 0 Å². The number of benzene rings is 1. The van der Waals surface area contributed by atoms with Crippen LogP contribution in [-0.4, -0.2) is 46.8 Å². The highest BCUT2D eigenvalue weighted by molar-refractivity contribution is 5.85. The van der Waals surface area contributed by atoms with Crippen LogP contribution in [0.2, 0.25) is 0 Å². The van der Waals surface area contributed by atoms with Crippen molar-refractivity contribution in [3.63, 3.8) is 0 Å². The van der Waals surface area contributed by atoms with Crippen LogP contribution in [0.1, 0.15) is 31.2 Å². The van der Waals surface area contributed by atoms with Crippen LogP contribution in [0.5, 0.6) is 0 Å². The predicted molar refractivity (Wildman–Crippen MR) is 109 cm³/mol. The highest BCUT2D eigenvalue weighted by atomic mass is 35.5. The molecule has 4 rings (SSSR count). The maximum Gasteiger partial charge on any atom is 0.250 e. The van der Waals surface area contributed by atoms with Gasteiger partial charge in [0.05, 0.1) is 0 Å². The van der Waals surface area contributed by atoms with E-state index in [1.165, 1.54) is 12.0 Å². The largest absolute Gasteiger partial charge is 0.340 e. The van der Waals surface area contributed by atoms with E-state index in [1.54, 1.807) is 6.20 Å². The number of nitrogens with zero attached hydrogens (tertiary/aromatic N) is 3. The number of likely N-dealkylation sites (tertiary alicyclic amines) is 1. The number of rotatable bonds is 4. The van der Waals surface area contributed by atoms with E-state index in [0.717, 1.165) is 51.9 Å². The van der Waals surface area contributed by atoms with Gasteiger partial charge in [0.1, 0.15) is 5.54 Å². The summed E-state index contributed by atoms with van der Waals surface area (Å²) in [6.07, 6.45) is 8.72. The molecule has 1 N–H and O–H groups in total. The Balaban J connectivity index is 0.00000210. The Morgan fingerprint density at radius 3 is 2.67 bits per heavy atom. The lowest BCUT2D eigenvalue weighted by Gasteiger charge is -2.42. The zero-order valence-electron chi connectivity index (χ0n) is 15.7. The molecule has 3 heterocycles. The zero-order chi connectivity index (χ0) is 17.8. The van der Waals surface area contributed by atoms with E-state index in [2.05, 4.69) is 45.6 Å². The molecule has 2 aliphatic rings. The SMILES string of the molecule is Cl.O=C(N1CCCC(Cc2ccccc2)C1)C1(n2cccn2)CCNCC1. The molecule has 146 valence electrons. The Morgan fingerprint density at radius 2 is 1.96 bits per heavy atom. The first-order valence-corrected chi connectivity index (χ1v) is 9.82. The van der Waals surface area contributed by atoms with Gasteiger partial charge in [-0.05, 0) is 62.7 Å². The number of aromatic nitrogens is 2. The number of halogens is 1. The second kappa shape index (κ2) is 8.89. The smallest absolute Gasteiger partial charge is 0.250 e. The second-order valence-corrected chi connectivity index (χ2v) is 7.68. The predicted octanol–water partition coefficient (Wildman–Crippen LogP) is 2.86. The van der Waals surface area contributed by atoms with E-state index < -0.39 is 5.54 Å². The van der Waals surface area contributed by atoms with Crippen LogP contribution in [0.25, 0.3) is 0 Å². The molecule has 0 bridgehead atoms. The molecule has 2 fully saturated rings. The topological polar surface area (TPSA) is 50.2 Å². The second-order valence-electron chi connectivity index (χ2n) is 7.68. The van der Waals surface area contributed by atoms with Crippen molar-refractivity contribution in [1.29, 1.82) is 0 Å². The van der Waals surface area contributed by atoms with Crippen molar-refractivity contribution in [3.05, 3.63) is 54.4 Å². The summed E-state index contributed by atoms with van der Waals surface area (Å²) in [6, 6.07) is 12.6. The standard InChI is InChI=1S/C21H28N4O.ClH/c26-20(21(9-12-22-13-10-21)25-15-5-11-23-25)24-14-4-8-19(17-24)16-18-6-2-1-3-7-18;/h1-3,5-7,11,15,19,22H,4,8-10,12-14,16-17H2;1H. The quantitative estimate of drug-likeness (QED) is 0.876. The van der Waals surface area contributed by atoms with Crippen LogP contribution in [0.3, 0.4) is 0 Å². The number of hydrogen-bond acceptors (Lipinski definition) is 3. The third-order valence-corrected chi connectivity index (χ3v) is 5.95. The summed E-state index contributed by atoms with van der Waals surface area (Å²) in [5.74, 6) is 0.812. The molecular weight excluding hydrogens is 360 g/mol.